The van der Waals surface area contributed by atoms with Gasteiger partial charge in [-0.1, -0.05) is 0 Å². The molecule has 0 amide bonds. The van der Waals surface area contributed by atoms with Crippen LogP contribution in [0.2, 0.25) is 0 Å². The van der Waals surface area contributed by atoms with Crippen molar-refractivity contribution in [2.45, 2.75) is 78.0 Å². The summed E-state index contributed by atoms with van der Waals surface area (Å²) in [4.78, 5) is 2.59. The number of para-hydroxylation sites is 3. The average Bonchev–Trinajstić information content (AvgIpc) is 2.84. The third-order valence-corrected chi connectivity index (χ3v) is 22.0. The van der Waals surface area contributed by atoms with E-state index in [1.807, 2.05) is 0 Å². The molecule has 0 atom stereocenters. The minimum atomic E-state index is -1.79. The van der Waals surface area contributed by atoms with Crippen molar-refractivity contribution in [3.05, 3.63) is 78.9 Å². The van der Waals surface area contributed by atoms with Crippen LogP contribution in [0.15, 0.2) is 78.9 Å². The average molecular weight is 510 g/mol. The maximum atomic E-state index is 2.59. The van der Waals surface area contributed by atoms with Gasteiger partial charge in [0.1, 0.15) is 0 Å². The van der Waals surface area contributed by atoms with Crippen LogP contribution in [0.25, 0.3) is 0 Å². The van der Waals surface area contributed by atoms with E-state index in [2.05, 4.69) is 152 Å². The fourth-order valence-electron chi connectivity index (χ4n) is 5.81. The van der Waals surface area contributed by atoms with Gasteiger partial charge in [0, 0.05) is 0 Å². The molecule has 0 saturated carbocycles. The second-order valence-electron chi connectivity index (χ2n) is 11.9. The van der Waals surface area contributed by atoms with Crippen molar-refractivity contribution < 1.29 is 0 Å². The topological polar surface area (TPSA) is 3.24 Å². The Balaban J connectivity index is 2.41. The molecule has 35 heavy (non-hydrogen) atoms. The summed E-state index contributed by atoms with van der Waals surface area (Å²) in [7, 11) is -3.58. The second-order valence-corrected chi connectivity index (χ2v) is 22.7. The molecule has 0 bridgehead atoms. The van der Waals surface area contributed by atoms with Crippen LogP contribution in [0, 0.1) is 0 Å². The van der Waals surface area contributed by atoms with E-state index in [-0.39, 0.29) is 0 Å². The van der Waals surface area contributed by atoms with Gasteiger partial charge in [-0.15, -0.1) is 0 Å². The third-order valence-electron chi connectivity index (χ3n) is 9.26. The fraction of sp³-hybridized carbons (Fsp3) is 0.438. The van der Waals surface area contributed by atoms with Crippen LogP contribution >= 0.6 is 14.5 Å². The Morgan fingerprint density at radius 1 is 0.457 bits per heavy atom. The molecular formula is C32H49NP2. The summed E-state index contributed by atoms with van der Waals surface area (Å²) < 4.78 is 0. The fourth-order valence-corrected chi connectivity index (χ4v) is 13.4. The Kier molecular flexibility index (Phi) is 8.89. The number of benzene rings is 3. The molecule has 0 heterocycles. The number of anilines is 3. The SMILES string of the molecule is CC(C)[PH](C)(c1ccccc1N(c1ccccc1)c1ccccc1[PH](C)(C(C)C)C(C)C)C(C)C. The van der Waals surface area contributed by atoms with Gasteiger partial charge in [-0.3, -0.25) is 0 Å². The Morgan fingerprint density at radius 3 is 1.11 bits per heavy atom. The van der Waals surface area contributed by atoms with E-state index < -0.39 is 14.5 Å². The molecule has 3 aromatic rings. The molecule has 0 unspecified atom stereocenters. The van der Waals surface area contributed by atoms with Gasteiger partial charge in [0.25, 0.3) is 0 Å². The zero-order valence-corrected chi connectivity index (χ0v) is 25.8. The summed E-state index contributed by atoms with van der Waals surface area (Å²) in [6, 6.07) is 29.6. The molecule has 0 aliphatic carbocycles. The van der Waals surface area contributed by atoms with Gasteiger partial charge in [-0.2, -0.15) is 0 Å². The molecule has 0 N–H and O–H groups in total. The molecule has 0 aliphatic heterocycles. The summed E-state index contributed by atoms with van der Waals surface area (Å²) in [5.41, 5.74) is 6.60. The Labute approximate surface area is 217 Å². The van der Waals surface area contributed by atoms with E-state index in [4.69, 9.17) is 0 Å². The van der Waals surface area contributed by atoms with Crippen LogP contribution in [0.3, 0.4) is 0 Å². The summed E-state index contributed by atoms with van der Waals surface area (Å²) in [6.07, 6.45) is 0. The monoisotopic (exact) mass is 509 g/mol. The van der Waals surface area contributed by atoms with E-state index in [0.29, 0.717) is 22.6 Å². The first-order valence-electron chi connectivity index (χ1n) is 13.5. The van der Waals surface area contributed by atoms with E-state index in [1.165, 1.54) is 17.1 Å². The van der Waals surface area contributed by atoms with Gasteiger partial charge in [-0.05, 0) is 0 Å². The molecule has 3 aromatic carbocycles. The maximum absolute atomic E-state index is 2.59. The summed E-state index contributed by atoms with van der Waals surface area (Å²) >= 11 is 0. The molecule has 0 radical (unpaired) electrons. The van der Waals surface area contributed by atoms with Crippen molar-refractivity contribution in [1.82, 2.24) is 0 Å². The number of hydrogen-bond acceptors (Lipinski definition) is 1. The van der Waals surface area contributed by atoms with E-state index >= 15 is 0 Å². The van der Waals surface area contributed by atoms with Crippen molar-refractivity contribution in [2.75, 3.05) is 18.2 Å². The number of nitrogens with zero attached hydrogens (tertiary/aromatic N) is 1. The molecule has 0 spiro atoms. The quantitative estimate of drug-likeness (QED) is 0.261. The van der Waals surface area contributed by atoms with Crippen molar-refractivity contribution >= 4 is 42.2 Å². The summed E-state index contributed by atoms with van der Waals surface area (Å²) in [6.45, 7) is 24.7. The molecule has 3 rings (SSSR count). The standard InChI is InChI=1S/C32H49NP2/c1-24(2)34(9,25(3)4)31-22-16-14-20-29(31)33(28-18-12-11-13-19-28)30-21-15-17-23-32(30)35(10,26(5)6)27(7)8/h11-27,34-35H,1-10H3. The first kappa shape index (κ1) is 27.9. The third kappa shape index (κ3) is 5.10. The van der Waals surface area contributed by atoms with Gasteiger partial charge in [0.05, 0.1) is 0 Å². The predicted octanol–water partition coefficient (Wildman–Crippen LogP) is 8.80. The summed E-state index contributed by atoms with van der Waals surface area (Å²) in [5, 5.41) is 3.14. The Bertz CT molecular complexity index is 1020. The van der Waals surface area contributed by atoms with E-state index in [9.17, 15) is 0 Å². The molecule has 0 fully saturated rings. The first-order valence-corrected chi connectivity index (χ1v) is 18.8. The summed E-state index contributed by atoms with van der Waals surface area (Å²) in [5.74, 6) is 0. The van der Waals surface area contributed by atoms with Crippen LogP contribution in [0.4, 0.5) is 17.1 Å². The molecule has 0 aliphatic rings. The van der Waals surface area contributed by atoms with Crippen molar-refractivity contribution in [1.29, 1.82) is 0 Å². The van der Waals surface area contributed by atoms with Crippen LogP contribution in [0.1, 0.15) is 55.4 Å². The number of hydrogen-bond donors (Lipinski definition) is 0. The Hall–Kier alpha value is -1.68. The molecule has 192 valence electrons. The normalized spacial score (nSPS) is 13.7. The molecule has 0 aromatic heterocycles. The Morgan fingerprint density at radius 2 is 0.771 bits per heavy atom. The van der Waals surface area contributed by atoms with Gasteiger partial charge in [0.2, 0.25) is 0 Å². The van der Waals surface area contributed by atoms with Crippen LogP contribution in [0.5, 0.6) is 0 Å². The molecule has 3 heteroatoms. The van der Waals surface area contributed by atoms with Gasteiger partial charge in [0.15, 0.2) is 0 Å². The molecule has 0 saturated heterocycles. The zero-order chi connectivity index (χ0) is 26.0. The van der Waals surface area contributed by atoms with Crippen LogP contribution in [-0.2, 0) is 0 Å². The molecular weight excluding hydrogens is 460 g/mol. The van der Waals surface area contributed by atoms with Gasteiger partial charge >= 0.3 is 217 Å². The number of rotatable bonds is 9. The van der Waals surface area contributed by atoms with Crippen molar-refractivity contribution in [3.63, 3.8) is 0 Å². The van der Waals surface area contributed by atoms with Crippen molar-refractivity contribution in [2.24, 2.45) is 0 Å². The minimum absolute atomic E-state index is 0.655. The van der Waals surface area contributed by atoms with E-state index in [1.54, 1.807) is 10.6 Å². The first-order chi connectivity index (χ1) is 16.5. The van der Waals surface area contributed by atoms with Crippen molar-refractivity contribution in [3.8, 4) is 0 Å². The van der Waals surface area contributed by atoms with Gasteiger partial charge in [-0.25, -0.2) is 0 Å². The van der Waals surface area contributed by atoms with E-state index in [0.717, 1.165) is 0 Å². The van der Waals surface area contributed by atoms with Crippen LogP contribution < -0.4 is 15.5 Å². The van der Waals surface area contributed by atoms with Gasteiger partial charge < -0.3 is 0 Å². The predicted molar refractivity (Wildman–Crippen MR) is 169 cm³/mol. The second kappa shape index (κ2) is 11.2. The van der Waals surface area contributed by atoms with Crippen LogP contribution in [-0.4, -0.2) is 36.0 Å². The molecule has 1 nitrogen and oxygen atoms in total. The zero-order valence-electron chi connectivity index (χ0n) is 23.8.